The Morgan fingerprint density at radius 1 is 1.17 bits per heavy atom. The van der Waals surface area contributed by atoms with E-state index in [1.54, 1.807) is 11.3 Å². The maximum atomic E-state index is 4.67. The van der Waals surface area contributed by atoms with E-state index < -0.39 is 0 Å². The molecule has 0 aliphatic carbocycles. The molecule has 0 bridgehead atoms. The average molecular weight is 260 g/mol. The lowest BCUT2D eigenvalue weighted by molar-refractivity contribution is 0.312. The van der Waals surface area contributed by atoms with E-state index in [1.807, 2.05) is 12.3 Å². The van der Waals surface area contributed by atoms with Gasteiger partial charge in [0.1, 0.15) is 5.82 Å². The molecule has 2 aromatic heterocycles. The van der Waals surface area contributed by atoms with Gasteiger partial charge in [0.25, 0.3) is 0 Å². The Hall–Kier alpha value is -1.46. The fourth-order valence-corrected chi connectivity index (χ4v) is 2.73. The van der Waals surface area contributed by atoms with E-state index in [1.165, 1.54) is 0 Å². The smallest absolute Gasteiger partial charge is 0.162 e. The van der Waals surface area contributed by atoms with E-state index in [4.69, 9.17) is 0 Å². The van der Waals surface area contributed by atoms with Crippen molar-refractivity contribution in [3.63, 3.8) is 0 Å². The largest absolute Gasteiger partial charge is 0.354 e. The summed E-state index contributed by atoms with van der Waals surface area (Å²) >= 11 is 1.68. The van der Waals surface area contributed by atoms with Gasteiger partial charge < -0.3 is 9.80 Å². The molecule has 1 saturated heterocycles. The Morgan fingerprint density at radius 3 is 2.72 bits per heavy atom. The Bertz CT molecular complexity index is 503. The molecular formula is C13H16N4S. The van der Waals surface area contributed by atoms with Gasteiger partial charge in [-0.05, 0) is 24.6 Å². The fourth-order valence-electron chi connectivity index (χ4n) is 2.09. The molecule has 94 valence electrons. The number of thiophene rings is 1. The molecule has 4 nitrogen and oxygen atoms in total. The molecule has 3 rings (SSSR count). The highest BCUT2D eigenvalue weighted by Crippen LogP contribution is 2.21. The van der Waals surface area contributed by atoms with Crippen molar-refractivity contribution in [1.29, 1.82) is 0 Å². The lowest BCUT2D eigenvalue weighted by Crippen LogP contribution is -2.44. The monoisotopic (exact) mass is 260 g/mol. The van der Waals surface area contributed by atoms with Crippen LogP contribution in [0.2, 0.25) is 0 Å². The quantitative estimate of drug-likeness (QED) is 0.826. The van der Waals surface area contributed by atoms with Gasteiger partial charge in [0.2, 0.25) is 0 Å². The number of likely N-dealkylation sites (N-methyl/N-ethyl adjacent to an activating group) is 1. The number of anilines is 1. The van der Waals surface area contributed by atoms with Gasteiger partial charge in [0.05, 0.1) is 0 Å². The van der Waals surface area contributed by atoms with E-state index in [-0.39, 0.29) is 0 Å². The van der Waals surface area contributed by atoms with Crippen molar-refractivity contribution >= 4 is 17.2 Å². The molecule has 18 heavy (non-hydrogen) atoms. The SMILES string of the molecule is CN1CCN(c2ccnc(-c3ccsc3)n2)CC1. The first-order chi connectivity index (χ1) is 8.83. The zero-order chi connectivity index (χ0) is 12.4. The van der Waals surface area contributed by atoms with Crippen molar-refractivity contribution in [2.45, 2.75) is 0 Å². The summed E-state index contributed by atoms with van der Waals surface area (Å²) < 4.78 is 0. The van der Waals surface area contributed by atoms with Crippen molar-refractivity contribution in [1.82, 2.24) is 14.9 Å². The second kappa shape index (κ2) is 5.04. The van der Waals surface area contributed by atoms with Crippen LogP contribution < -0.4 is 4.90 Å². The van der Waals surface area contributed by atoms with Crippen LogP contribution in [0, 0.1) is 0 Å². The lowest BCUT2D eigenvalue weighted by Gasteiger charge is -2.33. The molecule has 0 amide bonds. The van der Waals surface area contributed by atoms with Gasteiger partial charge in [-0.25, -0.2) is 9.97 Å². The number of hydrogen-bond acceptors (Lipinski definition) is 5. The highest BCUT2D eigenvalue weighted by Gasteiger charge is 2.15. The molecule has 0 aromatic carbocycles. The molecular weight excluding hydrogens is 244 g/mol. The van der Waals surface area contributed by atoms with Gasteiger partial charge in [-0.15, -0.1) is 0 Å². The van der Waals surface area contributed by atoms with Gasteiger partial charge in [0.15, 0.2) is 5.82 Å². The lowest BCUT2D eigenvalue weighted by atomic mass is 10.3. The molecule has 1 fully saturated rings. The Morgan fingerprint density at radius 2 is 2.00 bits per heavy atom. The second-order valence-corrected chi connectivity index (χ2v) is 5.32. The molecule has 0 unspecified atom stereocenters. The van der Waals surface area contributed by atoms with Gasteiger partial charge in [-0.3, -0.25) is 0 Å². The first-order valence-electron chi connectivity index (χ1n) is 6.12. The minimum absolute atomic E-state index is 0.827. The fraction of sp³-hybridized carbons (Fsp3) is 0.385. The van der Waals surface area contributed by atoms with E-state index >= 15 is 0 Å². The van der Waals surface area contributed by atoms with Crippen LogP contribution in [0.5, 0.6) is 0 Å². The van der Waals surface area contributed by atoms with Crippen molar-refractivity contribution in [2.24, 2.45) is 0 Å². The molecule has 0 saturated carbocycles. The van der Waals surface area contributed by atoms with Crippen molar-refractivity contribution in [3.8, 4) is 11.4 Å². The van der Waals surface area contributed by atoms with Crippen LogP contribution >= 0.6 is 11.3 Å². The summed E-state index contributed by atoms with van der Waals surface area (Å²) in [5.41, 5.74) is 1.11. The minimum atomic E-state index is 0.827. The predicted octanol–water partition coefficient (Wildman–Crippen LogP) is 1.96. The third kappa shape index (κ3) is 2.37. The van der Waals surface area contributed by atoms with Gasteiger partial charge in [0, 0.05) is 43.3 Å². The molecule has 3 heterocycles. The summed E-state index contributed by atoms with van der Waals surface area (Å²) in [5.74, 6) is 1.87. The van der Waals surface area contributed by atoms with Crippen LogP contribution in [0.1, 0.15) is 0 Å². The molecule has 2 aromatic rings. The topological polar surface area (TPSA) is 32.3 Å². The second-order valence-electron chi connectivity index (χ2n) is 4.54. The number of nitrogens with zero attached hydrogens (tertiary/aromatic N) is 4. The van der Waals surface area contributed by atoms with Crippen LogP contribution in [-0.2, 0) is 0 Å². The maximum absolute atomic E-state index is 4.67. The normalized spacial score (nSPS) is 17.1. The zero-order valence-electron chi connectivity index (χ0n) is 10.4. The van der Waals surface area contributed by atoms with E-state index in [0.717, 1.165) is 43.4 Å². The summed E-state index contributed by atoms with van der Waals surface area (Å²) in [6, 6.07) is 4.06. The predicted molar refractivity (Wildman–Crippen MR) is 75.1 cm³/mol. The average Bonchev–Trinajstić information content (AvgIpc) is 2.94. The zero-order valence-corrected chi connectivity index (χ0v) is 11.2. The molecule has 1 aliphatic rings. The standard InChI is InChI=1S/C13H16N4S/c1-16-5-7-17(8-6-16)12-2-4-14-13(15-12)11-3-9-18-10-11/h2-4,9-10H,5-8H2,1H3. The number of hydrogen-bond donors (Lipinski definition) is 0. The summed E-state index contributed by atoms with van der Waals surface area (Å²) in [7, 11) is 2.16. The van der Waals surface area contributed by atoms with Crippen molar-refractivity contribution in [2.75, 3.05) is 38.1 Å². The Balaban J connectivity index is 1.83. The molecule has 0 radical (unpaired) electrons. The Labute approximate surface area is 111 Å². The third-order valence-electron chi connectivity index (χ3n) is 3.25. The summed E-state index contributed by atoms with van der Waals surface area (Å²) in [5, 5.41) is 4.14. The molecule has 1 aliphatic heterocycles. The summed E-state index contributed by atoms with van der Waals surface area (Å²) in [6.07, 6.45) is 1.85. The van der Waals surface area contributed by atoms with Crippen LogP contribution in [0.3, 0.4) is 0 Å². The molecule has 0 spiro atoms. The van der Waals surface area contributed by atoms with Gasteiger partial charge in [-0.1, -0.05) is 0 Å². The van der Waals surface area contributed by atoms with Gasteiger partial charge in [-0.2, -0.15) is 11.3 Å². The highest BCUT2D eigenvalue weighted by molar-refractivity contribution is 7.08. The first kappa shape index (κ1) is 11.6. The maximum Gasteiger partial charge on any atom is 0.162 e. The number of piperazine rings is 1. The van der Waals surface area contributed by atoms with E-state index in [0.29, 0.717) is 0 Å². The van der Waals surface area contributed by atoms with Crippen molar-refractivity contribution < 1.29 is 0 Å². The number of aromatic nitrogens is 2. The summed E-state index contributed by atoms with van der Waals surface area (Å²) in [4.78, 5) is 13.7. The van der Waals surface area contributed by atoms with Crippen LogP contribution in [-0.4, -0.2) is 48.1 Å². The highest BCUT2D eigenvalue weighted by atomic mass is 32.1. The van der Waals surface area contributed by atoms with E-state index in [9.17, 15) is 0 Å². The third-order valence-corrected chi connectivity index (χ3v) is 3.93. The van der Waals surface area contributed by atoms with Crippen LogP contribution in [0.25, 0.3) is 11.4 Å². The molecule has 0 N–H and O–H groups in total. The molecule has 5 heteroatoms. The molecule has 0 atom stereocenters. The Kier molecular flexibility index (Phi) is 3.25. The van der Waals surface area contributed by atoms with Crippen LogP contribution in [0.15, 0.2) is 29.1 Å². The number of rotatable bonds is 2. The minimum Gasteiger partial charge on any atom is -0.354 e. The summed E-state index contributed by atoms with van der Waals surface area (Å²) in [6.45, 7) is 4.27. The van der Waals surface area contributed by atoms with Gasteiger partial charge >= 0.3 is 0 Å². The first-order valence-corrected chi connectivity index (χ1v) is 7.06. The van der Waals surface area contributed by atoms with Crippen molar-refractivity contribution in [3.05, 3.63) is 29.1 Å². The van der Waals surface area contributed by atoms with E-state index in [2.05, 4.69) is 43.6 Å². The van der Waals surface area contributed by atoms with Crippen LogP contribution in [0.4, 0.5) is 5.82 Å².